The molecule has 0 aliphatic heterocycles. The quantitative estimate of drug-likeness (QED) is 0.875. The molecular weight excluding hydrogens is 260 g/mol. The number of aryl methyl sites for hydroxylation is 1. The highest BCUT2D eigenvalue weighted by Crippen LogP contribution is 2.35. The lowest BCUT2D eigenvalue weighted by Crippen LogP contribution is -2.39. The van der Waals surface area contributed by atoms with Gasteiger partial charge in [-0.2, -0.15) is 0 Å². The fourth-order valence-electron chi connectivity index (χ4n) is 3.01. The monoisotopic (exact) mass is 288 g/mol. The van der Waals surface area contributed by atoms with E-state index in [0.29, 0.717) is 11.5 Å². The Hall–Kier alpha value is -1.51. The summed E-state index contributed by atoms with van der Waals surface area (Å²) in [6.45, 7) is 9.63. The number of amides is 1. The number of carbonyl (C=O) groups excluding carboxylic acids is 1. The third-order valence-corrected chi connectivity index (χ3v) is 4.53. The van der Waals surface area contributed by atoms with Gasteiger partial charge in [0, 0.05) is 23.8 Å². The molecule has 0 unspecified atom stereocenters. The van der Waals surface area contributed by atoms with Crippen molar-refractivity contribution in [3.8, 4) is 0 Å². The predicted octanol–water partition coefficient (Wildman–Crippen LogP) is 4.13. The van der Waals surface area contributed by atoms with Crippen LogP contribution in [0.1, 0.15) is 62.4 Å². The van der Waals surface area contributed by atoms with Gasteiger partial charge in [-0.25, -0.2) is 0 Å². The molecule has 2 N–H and O–H groups in total. The second-order valence-corrected chi connectivity index (χ2v) is 6.97. The third-order valence-electron chi connectivity index (χ3n) is 4.53. The molecule has 0 atom stereocenters. The molecule has 1 aliphatic rings. The molecule has 1 aromatic carbocycles. The van der Waals surface area contributed by atoms with Crippen molar-refractivity contribution in [2.75, 3.05) is 11.9 Å². The van der Waals surface area contributed by atoms with E-state index >= 15 is 0 Å². The zero-order chi connectivity index (χ0) is 15.5. The van der Waals surface area contributed by atoms with Crippen molar-refractivity contribution in [3.05, 3.63) is 29.3 Å². The molecule has 0 heterocycles. The van der Waals surface area contributed by atoms with E-state index in [1.165, 1.54) is 12.8 Å². The highest BCUT2D eigenvalue weighted by atomic mass is 16.1. The fraction of sp³-hybridized carbons (Fsp3) is 0.611. The lowest BCUT2D eigenvalue weighted by molar-refractivity contribution is 0.0909. The van der Waals surface area contributed by atoms with Gasteiger partial charge in [0.2, 0.25) is 0 Å². The van der Waals surface area contributed by atoms with Gasteiger partial charge in [-0.05, 0) is 68.7 Å². The van der Waals surface area contributed by atoms with Gasteiger partial charge in [0.25, 0.3) is 5.91 Å². The largest absolute Gasteiger partial charge is 0.385 e. The number of anilines is 1. The minimum atomic E-state index is 0.0610. The van der Waals surface area contributed by atoms with Crippen molar-refractivity contribution in [3.63, 3.8) is 0 Å². The first kappa shape index (κ1) is 15.9. The summed E-state index contributed by atoms with van der Waals surface area (Å²) in [5, 5.41) is 6.49. The maximum atomic E-state index is 12.4. The normalized spacial score (nSPS) is 18.3. The lowest BCUT2D eigenvalue weighted by atomic mass is 9.75. The minimum absolute atomic E-state index is 0.0610. The number of hydrogen-bond acceptors (Lipinski definition) is 2. The Morgan fingerprint density at radius 2 is 1.95 bits per heavy atom. The van der Waals surface area contributed by atoms with Crippen LogP contribution in [0.4, 0.5) is 5.69 Å². The van der Waals surface area contributed by atoms with Crippen molar-refractivity contribution in [2.24, 2.45) is 5.41 Å². The van der Waals surface area contributed by atoms with Gasteiger partial charge in [-0.1, -0.05) is 13.8 Å². The average molecular weight is 288 g/mol. The van der Waals surface area contributed by atoms with E-state index in [1.807, 2.05) is 25.1 Å². The molecule has 2 rings (SSSR count). The van der Waals surface area contributed by atoms with Crippen molar-refractivity contribution in [2.45, 2.75) is 59.4 Å². The first-order valence-electron chi connectivity index (χ1n) is 8.07. The summed E-state index contributed by atoms with van der Waals surface area (Å²) in [4.78, 5) is 12.4. The molecular formula is C18H28N2O. The Morgan fingerprint density at radius 1 is 1.29 bits per heavy atom. The van der Waals surface area contributed by atoms with Crippen LogP contribution in [-0.4, -0.2) is 18.5 Å². The Morgan fingerprint density at radius 3 is 2.52 bits per heavy atom. The highest BCUT2D eigenvalue weighted by molar-refractivity contribution is 5.95. The fourth-order valence-corrected chi connectivity index (χ4v) is 3.01. The summed E-state index contributed by atoms with van der Waals surface area (Å²) in [6.07, 6.45) is 4.56. The van der Waals surface area contributed by atoms with Crippen molar-refractivity contribution in [1.82, 2.24) is 5.32 Å². The van der Waals surface area contributed by atoms with Crippen molar-refractivity contribution >= 4 is 11.6 Å². The molecule has 0 saturated heterocycles. The van der Waals surface area contributed by atoms with Crippen LogP contribution in [0.2, 0.25) is 0 Å². The Bertz CT molecular complexity index is 498. The molecule has 1 amide bonds. The number of benzene rings is 1. The molecule has 1 aromatic rings. The SMILES string of the molecule is CCNc1ccc(C(=O)NC2CCC(C)(C)CC2)cc1C. The number of carbonyl (C=O) groups is 1. The summed E-state index contributed by atoms with van der Waals surface area (Å²) >= 11 is 0. The van der Waals surface area contributed by atoms with Crippen LogP contribution >= 0.6 is 0 Å². The Balaban J connectivity index is 1.96. The van der Waals surface area contributed by atoms with Gasteiger partial charge in [-0.15, -0.1) is 0 Å². The molecule has 0 bridgehead atoms. The zero-order valence-corrected chi connectivity index (χ0v) is 13.8. The van der Waals surface area contributed by atoms with Gasteiger partial charge >= 0.3 is 0 Å². The molecule has 1 fully saturated rings. The van der Waals surface area contributed by atoms with Gasteiger partial charge < -0.3 is 10.6 Å². The molecule has 0 spiro atoms. The summed E-state index contributed by atoms with van der Waals surface area (Å²) in [7, 11) is 0. The number of hydrogen-bond donors (Lipinski definition) is 2. The summed E-state index contributed by atoms with van der Waals surface area (Å²) in [6, 6.07) is 6.21. The van der Waals surface area contributed by atoms with Gasteiger partial charge in [0.1, 0.15) is 0 Å². The van der Waals surface area contributed by atoms with E-state index in [0.717, 1.165) is 36.2 Å². The third kappa shape index (κ3) is 4.23. The average Bonchev–Trinajstić information content (AvgIpc) is 2.43. The maximum absolute atomic E-state index is 12.4. The summed E-state index contributed by atoms with van der Waals surface area (Å²) in [5.41, 5.74) is 3.42. The van der Waals surface area contributed by atoms with E-state index in [4.69, 9.17) is 0 Å². The molecule has 0 aromatic heterocycles. The molecule has 21 heavy (non-hydrogen) atoms. The van der Waals surface area contributed by atoms with Gasteiger partial charge in [-0.3, -0.25) is 4.79 Å². The smallest absolute Gasteiger partial charge is 0.251 e. The minimum Gasteiger partial charge on any atom is -0.385 e. The first-order chi connectivity index (χ1) is 9.91. The molecule has 3 heteroatoms. The summed E-state index contributed by atoms with van der Waals surface area (Å²) < 4.78 is 0. The van der Waals surface area contributed by atoms with Crippen molar-refractivity contribution < 1.29 is 4.79 Å². The lowest BCUT2D eigenvalue weighted by Gasteiger charge is -2.34. The Labute approximate surface area is 128 Å². The molecule has 0 radical (unpaired) electrons. The highest BCUT2D eigenvalue weighted by Gasteiger charge is 2.27. The standard InChI is InChI=1S/C18H28N2O/c1-5-19-16-7-6-14(12-13(16)2)17(21)20-15-8-10-18(3,4)11-9-15/h6-7,12,15,19H,5,8-11H2,1-4H3,(H,20,21). The van der Waals surface area contributed by atoms with E-state index in [-0.39, 0.29) is 5.91 Å². The van der Waals surface area contributed by atoms with Crippen LogP contribution in [0, 0.1) is 12.3 Å². The van der Waals surface area contributed by atoms with Crippen LogP contribution in [0.25, 0.3) is 0 Å². The molecule has 1 aliphatic carbocycles. The molecule has 1 saturated carbocycles. The number of nitrogens with one attached hydrogen (secondary N) is 2. The predicted molar refractivity (Wildman–Crippen MR) is 88.8 cm³/mol. The van der Waals surface area contributed by atoms with Crippen LogP contribution in [0.15, 0.2) is 18.2 Å². The Kier molecular flexibility index (Phi) is 4.92. The van der Waals surface area contributed by atoms with E-state index in [2.05, 4.69) is 31.4 Å². The first-order valence-corrected chi connectivity index (χ1v) is 8.07. The number of rotatable bonds is 4. The second-order valence-electron chi connectivity index (χ2n) is 6.97. The zero-order valence-electron chi connectivity index (χ0n) is 13.8. The van der Waals surface area contributed by atoms with Gasteiger partial charge in [0.05, 0.1) is 0 Å². The van der Waals surface area contributed by atoms with E-state index in [9.17, 15) is 4.79 Å². The topological polar surface area (TPSA) is 41.1 Å². The second kappa shape index (κ2) is 6.50. The van der Waals surface area contributed by atoms with E-state index in [1.54, 1.807) is 0 Å². The van der Waals surface area contributed by atoms with Crippen LogP contribution in [0.5, 0.6) is 0 Å². The maximum Gasteiger partial charge on any atom is 0.251 e. The van der Waals surface area contributed by atoms with Gasteiger partial charge in [0.15, 0.2) is 0 Å². The summed E-state index contributed by atoms with van der Waals surface area (Å²) in [5.74, 6) is 0.0610. The molecule has 3 nitrogen and oxygen atoms in total. The van der Waals surface area contributed by atoms with Crippen LogP contribution < -0.4 is 10.6 Å². The van der Waals surface area contributed by atoms with Crippen LogP contribution in [0.3, 0.4) is 0 Å². The van der Waals surface area contributed by atoms with Crippen molar-refractivity contribution in [1.29, 1.82) is 0 Å². The van der Waals surface area contributed by atoms with Crippen LogP contribution in [-0.2, 0) is 0 Å². The van der Waals surface area contributed by atoms with E-state index < -0.39 is 0 Å². The molecule has 116 valence electrons.